The molecule has 1 fully saturated rings. The van der Waals surface area contributed by atoms with E-state index in [1.165, 1.54) is 11.9 Å². The van der Waals surface area contributed by atoms with Gasteiger partial charge in [0.1, 0.15) is 5.92 Å². The number of nitrogens with one attached hydrogen (secondary N) is 1. The molecule has 33 heavy (non-hydrogen) atoms. The van der Waals surface area contributed by atoms with Gasteiger partial charge in [0, 0.05) is 24.5 Å². The molecule has 0 aromatic carbocycles. The van der Waals surface area contributed by atoms with Gasteiger partial charge in [0.2, 0.25) is 0 Å². The van der Waals surface area contributed by atoms with Crippen LogP contribution in [-0.4, -0.2) is 81.5 Å². The number of nitrogens with zero attached hydrogens (tertiary/aromatic N) is 1. The zero-order chi connectivity index (χ0) is 24.9. The van der Waals surface area contributed by atoms with Crippen molar-refractivity contribution in [2.75, 3.05) is 38.4 Å². The van der Waals surface area contributed by atoms with E-state index in [1.54, 1.807) is 27.7 Å². The van der Waals surface area contributed by atoms with E-state index in [9.17, 15) is 27.6 Å². The van der Waals surface area contributed by atoms with E-state index in [1.807, 2.05) is 0 Å². The second kappa shape index (κ2) is 10.8. The quantitative estimate of drug-likeness (QED) is 0.369. The summed E-state index contributed by atoms with van der Waals surface area (Å²) >= 11 is 0. The van der Waals surface area contributed by atoms with Gasteiger partial charge in [0.15, 0.2) is 16.4 Å². The third kappa shape index (κ3) is 6.12. The standard InChI is InChI=1S/C21H30N2O9S/c1-6-30-19(25)16-12(3)22-13(4)17(20(26)31-7-2)18(16)21(27)32-10-15(24)23(5)14-8-9-33(28,29)11-14/h14,18,22H,6-11H2,1-5H3/t14-/m1/s1. The third-order valence-electron chi connectivity index (χ3n) is 5.47. The molecular weight excluding hydrogens is 456 g/mol. The van der Waals surface area contributed by atoms with Crippen molar-refractivity contribution in [2.24, 2.45) is 5.92 Å². The Bertz CT molecular complexity index is 957. The number of sulfone groups is 1. The first-order valence-electron chi connectivity index (χ1n) is 10.6. The minimum Gasteiger partial charge on any atom is -0.463 e. The minimum absolute atomic E-state index is 0.00983. The maximum atomic E-state index is 13.1. The van der Waals surface area contributed by atoms with Gasteiger partial charge in [-0.2, -0.15) is 0 Å². The van der Waals surface area contributed by atoms with Crippen LogP contribution in [0.25, 0.3) is 0 Å². The topological polar surface area (TPSA) is 145 Å². The molecule has 0 radical (unpaired) electrons. The molecule has 2 aliphatic heterocycles. The molecule has 0 aromatic rings. The number of carbonyl (C=O) groups is 4. The van der Waals surface area contributed by atoms with Gasteiger partial charge in [-0.3, -0.25) is 9.59 Å². The van der Waals surface area contributed by atoms with Crippen molar-refractivity contribution in [3.05, 3.63) is 22.5 Å². The van der Waals surface area contributed by atoms with Crippen LogP contribution in [0.1, 0.15) is 34.1 Å². The van der Waals surface area contributed by atoms with E-state index in [2.05, 4.69) is 5.32 Å². The average molecular weight is 487 g/mol. The molecule has 1 saturated heterocycles. The van der Waals surface area contributed by atoms with E-state index in [0.717, 1.165) is 0 Å². The van der Waals surface area contributed by atoms with Gasteiger partial charge in [0.25, 0.3) is 5.91 Å². The number of hydrogen-bond acceptors (Lipinski definition) is 10. The van der Waals surface area contributed by atoms with Crippen LogP contribution in [0.3, 0.4) is 0 Å². The molecule has 2 heterocycles. The van der Waals surface area contributed by atoms with Gasteiger partial charge in [-0.15, -0.1) is 0 Å². The molecule has 2 aliphatic rings. The number of rotatable bonds is 8. The Hall–Kier alpha value is -2.89. The molecule has 11 nitrogen and oxygen atoms in total. The lowest BCUT2D eigenvalue weighted by Crippen LogP contribution is -2.42. The number of amides is 1. The second-order valence-electron chi connectivity index (χ2n) is 7.75. The summed E-state index contributed by atoms with van der Waals surface area (Å²) in [7, 11) is -1.76. The van der Waals surface area contributed by atoms with E-state index in [0.29, 0.717) is 17.8 Å². The van der Waals surface area contributed by atoms with Crippen LogP contribution >= 0.6 is 0 Å². The molecule has 1 atom stereocenters. The van der Waals surface area contributed by atoms with Crippen LogP contribution in [0.15, 0.2) is 22.5 Å². The summed E-state index contributed by atoms with van der Waals surface area (Å²) in [6, 6.07) is -0.505. The Morgan fingerprint density at radius 1 is 0.970 bits per heavy atom. The van der Waals surface area contributed by atoms with Crippen molar-refractivity contribution in [1.82, 2.24) is 10.2 Å². The van der Waals surface area contributed by atoms with Gasteiger partial charge < -0.3 is 24.4 Å². The molecule has 12 heteroatoms. The van der Waals surface area contributed by atoms with Gasteiger partial charge >= 0.3 is 17.9 Å². The SMILES string of the molecule is CCOC(=O)C1=C(C)NC(C)=C(C(=O)OCC)C1C(=O)OCC(=O)N(C)[C@@H]1CCS(=O)(=O)C1. The van der Waals surface area contributed by atoms with E-state index >= 15 is 0 Å². The summed E-state index contributed by atoms with van der Waals surface area (Å²) in [6.07, 6.45) is 0.302. The fourth-order valence-corrected chi connectivity index (χ4v) is 5.57. The number of esters is 3. The Balaban J connectivity index is 2.25. The van der Waals surface area contributed by atoms with E-state index in [-0.39, 0.29) is 35.9 Å². The monoisotopic (exact) mass is 486 g/mol. The van der Waals surface area contributed by atoms with Crippen LogP contribution in [0.4, 0.5) is 0 Å². The third-order valence-corrected chi connectivity index (χ3v) is 7.22. The molecule has 1 amide bonds. The lowest BCUT2D eigenvalue weighted by molar-refractivity contribution is -0.156. The molecule has 184 valence electrons. The molecule has 0 unspecified atom stereocenters. The fourth-order valence-electron chi connectivity index (χ4n) is 3.79. The first kappa shape index (κ1) is 26.4. The zero-order valence-electron chi connectivity index (χ0n) is 19.4. The number of likely N-dealkylation sites (N-methyl/N-ethyl adjacent to an activating group) is 1. The maximum Gasteiger partial charge on any atom is 0.337 e. The Morgan fingerprint density at radius 3 is 1.91 bits per heavy atom. The number of allylic oxidation sites excluding steroid dienone is 2. The summed E-state index contributed by atoms with van der Waals surface area (Å²) in [5, 5.41) is 2.89. The van der Waals surface area contributed by atoms with Gasteiger partial charge in [-0.1, -0.05) is 0 Å². The molecule has 2 rings (SSSR count). The molecule has 0 saturated carbocycles. The first-order chi connectivity index (χ1) is 15.4. The summed E-state index contributed by atoms with van der Waals surface area (Å²) in [5.41, 5.74) is 0.387. The van der Waals surface area contributed by atoms with Crippen molar-refractivity contribution in [3.8, 4) is 0 Å². The summed E-state index contributed by atoms with van der Waals surface area (Å²) < 4.78 is 38.7. The molecule has 0 bridgehead atoms. The highest BCUT2D eigenvalue weighted by molar-refractivity contribution is 7.91. The fraction of sp³-hybridized carbons (Fsp3) is 0.619. The van der Waals surface area contributed by atoms with Crippen molar-refractivity contribution in [3.63, 3.8) is 0 Å². The van der Waals surface area contributed by atoms with Gasteiger partial charge in [-0.05, 0) is 34.1 Å². The van der Waals surface area contributed by atoms with Crippen molar-refractivity contribution in [1.29, 1.82) is 0 Å². The van der Waals surface area contributed by atoms with Crippen LogP contribution < -0.4 is 5.32 Å². The van der Waals surface area contributed by atoms with Crippen molar-refractivity contribution in [2.45, 2.75) is 40.2 Å². The predicted octanol–water partition coefficient (Wildman–Crippen LogP) is 0.0687. The van der Waals surface area contributed by atoms with Crippen molar-refractivity contribution >= 4 is 33.7 Å². The average Bonchev–Trinajstić information content (AvgIpc) is 3.10. The molecule has 0 spiro atoms. The van der Waals surface area contributed by atoms with Crippen LogP contribution in [0, 0.1) is 5.92 Å². The van der Waals surface area contributed by atoms with E-state index < -0.39 is 52.2 Å². The normalized spacial score (nSPS) is 20.2. The number of ether oxygens (including phenoxy) is 3. The summed E-state index contributed by atoms with van der Waals surface area (Å²) in [6.45, 7) is 5.71. The zero-order valence-corrected chi connectivity index (χ0v) is 20.2. The van der Waals surface area contributed by atoms with Crippen molar-refractivity contribution < 1.29 is 41.8 Å². The molecule has 1 N–H and O–H groups in total. The second-order valence-corrected chi connectivity index (χ2v) is 9.97. The van der Waals surface area contributed by atoms with Gasteiger partial charge in [-0.25, -0.2) is 18.0 Å². The predicted molar refractivity (Wildman–Crippen MR) is 116 cm³/mol. The lowest BCUT2D eigenvalue weighted by atomic mass is 9.85. The van der Waals surface area contributed by atoms with Gasteiger partial charge in [0.05, 0.1) is 35.9 Å². The van der Waals surface area contributed by atoms with Crippen LogP contribution in [0.5, 0.6) is 0 Å². The Kier molecular flexibility index (Phi) is 8.64. The molecule has 0 aliphatic carbocycles. The summed E-state index contributed by atoms with van der Waals surface area (Å²) in [4.78, 5) is 52.0. The van der Waals surface area contributed by atoms with Crippen LogP contribution in [0.2, 0.25) is 0 Å². The lowest BCUT2D eigenvalue weighted by Gasteiger charge is -2.29. The molecular formula is C21H30N2O9S. The molecule has 0 aromatic heterocycles. The highest BCUT2D eigenvalue weighted by Crippen LogP contribution is 2.32. The Labute approximate surface area is 193 Å². The number of carbonyl (C=O) groups excluding carboxylic acids is 4. The van der Waals surface area contributed by atoms with E-state index in [4.69, 9.17) is 14.2 Å². The smallest absolute Gasteiger partial charge is 0.337 e. The number of dihydropyridines is 1. The Morgan fingerprint density at radius 2 is 1.48 bits per heavy atom. The number of hydrogen-bond donors (Lipinski definition) is 1. The largest absolute Gasteiger partial charge is 0.463 e. The highest BCUT2D eigenvalue weighted by atomic mass is 32.2. The highest BCUT2D eigenvalue weighted by Gasteiger charge is 2.43. The minimum atomic E-state index is -3.20. The van der Waals surface area contributed by atoms with Crippen LogP contribution in [-0.2, 0) is 43.2 Å². The summed E-state index contributed by atoms with van der Waals surface area (Å²) in [5.74, 6) is -4.82. The maximum absolute atomic E-state index is 13.1. The first-order valence-corrected chi connectivity index (χ1v) is 12.4.